The van der Waals surface area contributed by atoms with Crippen molar-refractivity contribution in [2.75, 3.05) is 6.61 Å². The maximum atomic E-state index is 12.2. The van der Waals surface area contributed by atoms with Crippen molar-refractivity contribution in [3.05, 3.63) is 12.7 Å². The first kappa shape index (κ1) is 16.4. The van der Waals surface area contributed by atoms with Gasteiger partial charge >= 0.3 is 0 Å². The summed E-state index contributed by atoms with van der Waals surface area (Å²) in [5.74, 6) is 0.281. The van der Waals surface area contributed by atoms with E-state index in [-0.39, 0.29) is 5.78 Å². The zero-order chi connectivity index (χ0) is 13.1. The summed E-state index contributed by atoms with van der Waals surface area (Å²) in [5, 5.41) is 0. The van der Waals surface area contributed by atoms with Crippen LogP contribution in [0.3, 0.4) is 0 Å². The molecule has 0 saturated carbocycles. The molecule has 0 aliphatic carbocycles. The molecule has 100 valence electrons. The number of carbonyl (C=O) groups excluding carboxylic acids is 1. The lowest BCUT2D eigenvalue weighted by Gasteiger charge is -2.30. The van der Waals surface area contributed by atoms with Gasteiger partial charge in [-0.15, -0.1) is 6.58 Å². The molecule has 0 amide bonds. The van der Waals surface area contributed by atoms with Crippen molar-refractivity contribution >= 4 is 5.78 Å². The first-order valence-corrected chi connectivity index (χ1v) is 6.95. The van der Waals surface area contributed by atoms with E-state index in [1.807, 2.05) is 26.8 Å². The summed E-state index contributed by atoms with van der Waals surface area (Å²) in [4.78, 5) is 12.2. The molecule has 0 heterocycles. The molecule has 2 nitrogen and oxygen atoms in total. The molecular weight excluding hydrogens is 212 g/mol. The minimum absolute atomic E-state index is 0.281. The summed E-state index contributed by atoms with van der Waals surface area (Å²) in [5.41, 5.74) is -0.521. The van der Waals surface area contributed by atoms with Gasteiger partial charge in [0.15, 0.2) is 5.78 Å². The molecule has 0 aromatic heterocycles. The van der Waals surface area contributed by atoms with Crippen molar-refractivity contribution in [3.8, 4) is 0 Å². The summed E-state index contributed by atoms with van der Waals surface area (Å²) in [7, 11) is 0. The molecule has 0 aliphatic heterocycles. The van der Waals surface area contributed by atoms with Gasteiger partial charge in [0.1, 0.15) is 5.60 Å². The number of Topliss-reactive ketones (excluding diaryl/α,β-unsaturated/α-hetero) is 1. The van der Waals surface area contributed by atoms with Crippen molar-refractivity contribution in [1.29, 1.82) is 0 Å². The lowest BCUT2D eigenvalue weighted by Crippen LogP contribution is -2.40. The molecule has 0 saturated heterocycles. The highest BCUT2D eigenvalue weighted by Gasteiger charge is 2.34. The smallest absolute Gasteiger partial charge is 0.164 e. The van der Waals surface area contributed by atoms with Crippen molar-refractivity contribution in [3.63, 3.8) is 0 Å². The zero-order valence-electron chi connectivity index (χ0n) is 11.8. The summed E-state index contributed by atoms with van der Waals surface area (Å²) < 4.78 is 5.70. The molecule has 0 radical (unpaired) electrons. The van der Waals surface area contributed by atoms with Crippen LogP contribution in [-0.2, 0) is 9.53 Å². The zero-order valence-corrected chi connectivity index (χ0v) is 11.8. The highest BCUT2D eigenvalue weighted by atomic mass is 16.5. The highest BCUT2D eigenvalue weighted by molar-refractivity contribution is 5.87. The van der Waals surface area contributed by atoms with Crippen LogP contribution >= 0.6 is 0 Å². The summed E-state index contributed by atoms with van der Waals surface area (Å²) >= 11 is 0. The molecule has 0 spiro atoms. The minimum Gasteiger partial charge on any atom is -0.368 e. The Bertz CT molecular complexity index is 217. The van der Waals surface area contributed by atoms with Gasteiger partial charge in [0.2, 0.25) is 0 Å². The van der Waals surface area contributed by atoms with Crippen LogP contribution < -0.4 is 0 Å². The standard InChI is InChI=1S/C15H28O2/c1-5-9-10-11-12-13-14(16)15(6-2,7-3)17-8-4/h5H,1,6-13H2,2-4H3. The Morgan fingerprint density at radius 1 is 1.18 bits per heavy atom. The molecule has 0 rings (SSSR count). The summed E-state index contributed by atoms with van der Waals surface area (Å²) in [6.07, 6.45) is 8.41. The Morgan fingerprint density at radius 3 is 2.29 bits per heavy atom. The van der Waals surface area contributed by atoms with Crippen LogP contribution in [-0.4, -0.2) is 18.0 Å². The van der Waals surface area contributed by atoms with Crippen LogP contribution in [0.4, 0.5) is 0 Å². The number of hydrogen-bond acceptors (Lipinski definition) is 2. The van der Waals surface area contributed by atoms with Crippen molar-refractivity contribution in [2.24, 2.45) is 0 Å². The monoisotopic (exact) mass is 240 g/mol. The average Bonchev–Trinajstić information content (AvgIpc) is 2.35. The Morgan fingerprint density at radius 2 is 1.82 bits per heavy atom. The Kier molecular flexibility index (Phi) is 9.06. The second-order valence-electron chi connectivity index (χ2n) is 4.45. The van der Waals surface area contributed by atoms with Crippen molar-refractivity contribution in [1.82, 2.24) is 0 Å². The molecule has 0 N–H and O–H groups in total. The van der Waals surface area contributed by atoms with Gasteiger partial charge in [-0.2, -0.15) is 0 Å². The molecule has 0 bridgehead atoms. The van der Waals surface area contributed by atoms with Gasteiger partial charge in [0.05, 0.1) is 0 Å². The SMILES string of the molecule is C=CCCCCCC(=O)C(CC)(CC)OCC. The molecule has 0 aromatic carbocycles. The Balaban J connectivity index is 4.10. The molecule has 0 aromatic rings. The fraction of sp³-hybridized carbons (Fsp3) is 0.800. The second kappa shape index (κ2) is 9.41. The van der Waals surface area contributed by atoms with E-state index in [1.165, 1.54) is 0 Å². The summed E-state index contributed by atoms with van der Waals surface area (Å²) in [6.45, 7) is 10.3. The van der Waals surface area contributed by atoms with Gasteiger partial charge in [-0.25, -0.2) is 0 Å². The maximum Gasteiger partial charge on any atom is 0.164 e. The van der Waals surface area contributed by atoms with E-state index < -0.39 is 5.60 Å². The predicted molar refractivity (Wildman–Crippen MR) is 73.2 cm³/mol. The van der Waals surface area contributed by atoms with E-state index in [9.17, 15) is 4.79 Å². The Labute approximate surface area is 106 Å². The van der Waals surface area contributed by atoms with Crippen molar-refractivity contribution < 1.29 is 9.53 Å². The van der Waals surface area contributed by atoms with Crippen LogP contribution in [0.2, 0.25) is 0 Å². The van der Waals surface area contributed by atoms with E-state index >= 15 is 0 Å². The van der Waals surface area contributed by atoms with Gasteiger partial charge in [0.25, 0.3) is 0 Å². The van der Waals surface area contributed by atoms with E-state index in [0.29, 0.717) is 13.0 Å². The molecule has 17 heavy (non-hydrogen) atoms. The second-order valence-corrected chi connectivity index (χ2v) is 4.45. The fourth-order valence-electron chi connectivity index (χ4n) is 2.18. The third kappa shape index (κ3) is 5.49. The molecule has 0 atom stereocenters. The summed E-state index contributed by atoms with van der Waals surface area (Å²) in [6, 6.07) is 0. The normalized spacial score (nSPS) is 11.5. The van der Waals surface area contributed by atoms with Crippen LogP contribution in [0.25, 0.3) is 0 Å². The van der Waals surface area contributed by atoms with E-state index in [4.69, 9.17) is 4.74 Å². The largest absolute Gasteiger partial charge is 0.368 e. The first-order valence-electron chi connectivity index (χ1n) is 6.95. The molecule has 0 fully saturated rings. The molecular formula is C15H28O2. The molecule has 0 aliphatic rings. The number of ketones is 1. The van der Waals surface area contributed by atoms with Gasteiger partial charge in [-0.3, -0.25) is 4.79 Å². The number of rotatable bonds is 11. The number of ether oxygens (including phenoxy) is 1. The van der Waals surface area contributed by atoms with Crippen LogP contribution in [0.15, 0.2) is 12.7 Å². The van der Waals surface area contributed by atoms with Crippen molar-refractivity contribution in [2.45, 2.75) is 71.3 Å². The number of hydrogen-bond donors (Lipinski definition) is 0. The number of carbonyl (C=O) groups is 1. The lowest BCUT2D eigenvalue weighted by molar-refractivity contribution is -0.145. The first-order chi connectivity index (χ1) is 8.16. The highest BCUT2D eigenvalue weighted by Crippen LogP contribution is 2.24. The van der Waals surface area contributed by atoms with Gasteiger partial charge < -0.3 is 4.74 Å². The quantitative estimate of drug-likeness (QED) is 0.398. The third-order valence-corrected chi connectivity index (χ3v) is 3.38. The van der Waals surface area contributed by atoms with Gasteiger partial charge in [-0.1, -0.05) is 26.3 Å². The average molecular weight is 240 g/mol. The predicted octanol–water partition coefficient (Wildman–Crippen LogP) is 4.29. The van der Waals surface area contributed by atoms with Crippen LogP contribution in [0.1, 0.15) is 65.7 Å². The van der Waals surface area contributed by atoms with Gasteiger partial charge in [-0.05, 0) is 39.0 Å². The topological polar surface area (TPSA) is 26.3 Å². The minimum atomic E-state index is -0.521. The van der Waals surface area contributed by atoms with Crippen LogP contribution in [0.5, 0.6) is 0 Å². The van der Waals surface area contributed by atoms with E-state index in [2.05, 4.69) is 6.58 Å². The lowest BCUT2D eigenvalue weighted by atomic mass is 9.88. The Hall–Kier alpha value is -0.630. The third-order valence-electron chi connectivity index (χ3n) is 3.38. The molecule has 0 unspecified atom stereocenters. The molecule has 2 heteroatoms. The number of unbranched alkanes of at least 4 members (excludes halogenated alkanes) is 3. The number of allylic oxidation sites excluding steroid dienone is 1. The maximum absolute atomic E-state index is 12.2. The van der Waals surface area contributed by atoms with E-state index in [0.717, 1.165) is 38.5 Å². The van der Waals surface area contributed by atoms with Crippen LogP contribution in [0, 0.1) is 0 Å². The van der Waals surface area contributed by atoms with Gasteiger partial charge in [0, 0.05) is 13.0 Å². The fourth-order valence-corrected chi connectivity index (χ4v) is 2.18. The van der Waals surface area contributed by atoms with E-state index in [1.54, 1.807) is 0 Å².